The highest BCUT2D eigenvalue weighted by Crippen LogP contribution is 2.20. The number of thioether (sulfide) groups is 1. The third-order valence-corrected chi connectivity index (χ3v) is 3.55. The molecule has 0 saturated carbocycles. The van der Waals surface area contributed by atoms with E-state index in [9.17, 15) is 19.5 Å². The first-order valence-electron chi connectivity index (χ1n) is 5.42. The third-order valence-electron chi connectivity index (χ3n) is 2.91. The SMILES string of the molecule is CSCC[C@H](C(=O)O)N1C(=O)N[C@@H]2NC(=O)N[C@H]21. The van der Waals surface area contributed by atoms with Crippen molar-refractivity contribution in [2.24, 2.45) is 0 Å². The second kappa shape index (κ2) is 4.92. The molecule has 0 aromatic heterocycles. The Morgan fingerprint density at radius 1 is 1.44 bits per heavy atom. The normalized spacial score (nSPS) is 27.3. The van der Waals surface area contributed by atoms with Crippen LogP contribution in [0.15, 0.2) is 0 Å². The molecule has 0 bridgehead atoms. The molecule has 0 radical (unpaired) electrons. The molecule has 2 aliphatic heterocycles. The molecule has 9 heteroatoms. The van der Waals surface area contributed by atoms with Gasteiger partial charge in [0.2, 0.25) is 0 Å². The number of nitrogens with one attached hydrogen (secondary N) is 3. The summed E-state index contributed by atoms with van der Waals surface area (Å²) in [7, 11) is 0. The smallest absolute Gasteiger partial charge is 0.326 e. The van der Waals surface area contributed by atoms with E-state index >= 15 is 0 Å². The van der Waals surface area contributed by atoms with Gasteiger partial charge in [-0.05, 0) is 18.4 Å². The summed E-state index contributed by atoms with van der Waals surface area (Å²) >= 11 is 1.51. The number of aliphatic carboxylic acids is 1. The van der Waals surface area contributed by atoms with Crippen LogP contribution in [-0.2, 0) is 4.79 Å². The van der Waals surface area contributed by atoms with Gasteiger partial charge in [-0.15, -0.1) is 0 Å². The summed E-state index contributed by atoms with van der Waals surface area (Å²) in [5.41, 5.74) is 0. The van der Waals surface area contributed by atoms with Crippen molar-refractivity contribution in [1.82, 2.24) is 20.9 Å². The van der Waals surface area contributed by atoms with Gasteiger partial charge in [0.05, 0.1) is 0 Å². The lowest BCUT2D eigenvalue weighted by molar-refractivity contribution is -0.142. The van der Waals surface area contributed by atoms with Gasteiger partial charge in [0, 0.05) is 0 Å². The molecule has 2 heterocycles. The van der Waals surface area contributed by atoms with E-state index in [1.807, 2.05) is 6.26 Å². The lowest BCUT2D eigenvalue weighted by Crippen LogP contribution is -2.52. The van der Waals surface area contributed by atoms with Gasteiger partial charge in [0.1, 0.15) is 18.4 Å². The first-order valence-corrected chi connectivity index (χ1v) is 6.81. The molecule has 0 unspecified atom stereocenters. The highest BCUT2D eigenvalue weighted by molar-refractivity contribution is 7.98. The van der Waals surface area contributed by atoms with E-state index in [2.05, 4.69) is 16.0 Å². The zero-order chi connectivity index (χ0) is 13.3. The van der Waals surface area contributed by atoms with Crippen molar-refractivity contribution in [2.75, 3.05) is 12.0 Å². The van der Waals surface area contributed by atoms with Crippen molar-refractivity contribution in [3.05, 3.63) is 0 Å². The van der Waals surface area contributed by atoms with E-state index in [1.54, 1.807) is 0 Å². The van der Waals surface area contributed by atoms with Crippen LogP contribution >= 0.6 is 11.8 Å². The van der Waals surface area contributed by atoms with Gasteiger partial charge in [-0.25, -0.2) is 14.4 Å². The Balaban J connectivity index is 2.15. The minimum Gasteiger partial charge on any atom is -0.480 e. The molecular weight excluding hydrogens is 260 g/mol. The van der Waals surface area contributed by atoms with Crippen LogP contribution in [-0.4, -0.2) is 58.4 Å². The van der Waals surface area contributed by atoms with Crippen LogP contribution in [0, 0.1) is 0 Å². The molecule has 2 aliphatic rings. The van der Waals surface area contributed by atoms with Crippen LogP contribution in [0.1, 0.15) is 6.42 Å². The van der Waals surface area contributed by atoms with Gasteiger partial charge in [-0.2, -0.15) is 11.8 Å². The maximum absolute atomic E-state index is 11.8. The Morgan fingerprint density at radius 2 is 2.17 bits per heavy atom. The van der Waals surface area contributed by atoms with Gasteiger partial charge in [-0.3, -0.25) is 4.90 Å². The van der Waals surface area contributed by atoms with Gasteiger partial charge < -0.3 is 21.1 Å². The fraction of sp³-hybridized carbons (Fsp3) is 0.667. The number of fused-ring (bicyclic) bond motifs is 1. The van der Waals surface area contributed by atoms with E-state index in [0.29, 0.717) is 12.2 Å². The van der Waals surface area contributed by atoms with E-state index in [4.69, 9.17) is 0 Å². The van der Waals surface area contributed by atoms with Crippen molar-refractivity contribution in [3.63, 3.8) is 0 Å². The fourth-order valence-corrected chi connectivity index (χ4v) is 2.56. The molecule has 4 N–H and O–H groups in total. The first kappa shape index (κ1) is 12.8. The minimum atomic E-state index is -1.07. The van der Waals surface area contributed by atoms with Crippen LogP contribution in [0.3, 0.4) is 0 Å². The summed E-state index contributed by atoms with van der Waals surface area (Å²) in [4.78, 5) is 35.3. The van der Waals surface area contributed by atoms with Crippen molar-refractivity contribution < 1.29 is 19.5 Å². The molecule has 100 valence electrons. The van der Waals surface area contributed by atoms with Crippen molar-refractivity contribution in [2.45, 2.75) is 24.8 Å². The molecule has 3 atom stereocenters. The Kier molecular flexibility index (Phi) is 3.50. The molecule has 2 saturated heterocycles. The zero-order valence-electron chi connectivity index (χ0n) is 9.67. The maximum Gasteiger partial charge on any atom is 0.326 e. The van der Waals surface area contributed by atoms with Gasteiger partial charge >= 0.3 is 18.0 Å². The number of nitrogens with zero attached hydrogens (tertiary/aromatic N) is 1. The monoisotopic (exact) mass is 274 g/mol. The number of carbonyl (C=O) groups excluding carboxylic acids is 2. The number of hydrogen-bond acceptors (Lipinski definition) is 4. The van der Waals surface area contributed by atoms with Gasteiger partial charge in [0.25, 0.3) is 0 Å². The number of amides is 4. The van der Waals surface area contributed by atoms with Crippen molar-refractivity contribution >= 4 is 29.8 Å². The first-order chi connectivity index (χ1) is 8.54. The maximum atomic E-state index is 11.8. The lowest BCUT2D eigenvalue weighted by atomic mass is 10.2. The number of hydrogen-bond donors (Lipinski definition) is 4. The summed E-state index contributed by atoms with van der Waals surface area (Å²) in [6, 6.07) is -1.83. The Bertz CT molecular complexity index is 391. The molecule has 2 rings (SSSR count). The number of urea groups is 2. The van der Waals surface area contributed by atoms with Crippen molar-refractivity contribution in [3.8, 4) is 0 Å². The number of carboxylic acids is 1. The fourth-order valence-electron chi connectivity index (χ4n) is 2.10. The van der Waals surface area contributed by atoms with E-state index < -0.39 is 36.4 Å². The van der Waals surface area contributed by atoms with Gasteiger partial charge in [0.15, 0.2) is 0 Å². The topological polar surface area (TPSA) is 111 Å². The molecule has 0 aromatic rings. The van der Waals surface area contributed by atoms with Crippen LogP contribution in [0.2, 0.25) is 0 Å². The predicted octanol–water partition coefficient (Wildman–Crippen LogP) is -0.817. The second-order valence-electron chi connectivity index (χ2n) is 4.03. The number of carboxylic acid groups (broad SMARTS) is 1. The molecule has 4 amide bonds. The predicted molar refractivity (Wildman–Crippen MR) is 64.0 cm³/mol. The highest BCUT2D eigenvalue weighted by Gasteiger charge is 2.49. The molecule has 2 fully saturated rings. The summed E-state index contributed by atoms with van der Waals surface area (Å²) in [6.45, 7) is 0. The van der Waals surface area contributed by atoms with E-state index in [-0.39, 0.29) is 0 Å². The largest absolute Gasteiger partial charge is 0.480 e. The minimum absolute atomic E-state index is 0.336. The van der Waals surface area contributed by atoms with Crippen molar-refractivity contribution in [1.29, 1.82) is 0 Å². The number of carbonyl (C=O) groups is 3. The highest BCUT2D eigenvalue weighted by atomic mass is 32.2. The molecule has 8 nitrogen and oxygen atoms in total. The van der Waals surface area contributed by atoms with Crippen LogP contribution in [0.4, 0.5) is 9.59 Å². The molecule has 18 heavy (non-hydrogen) atoms. The Labute approximate surface area is 107 Å². The van der Waals surface area contributed by atoms with E-state index in [1.165, 1.54) is 16.7 Å². The van der Waals surface area contributed by atoms with Crippen LogP contribution in [0.5, 0.6) is 0 Å². The average molecular weight is 274 g/mol. The molecule has 0 aliphatic carbocycles. The summed E-state index contributed by atoms with van der Waals surface area (Å²) in [6.07, 6.45) is 0.988. The zero-order valence-corrected chi connectivity index (χ0v) is 10.5. The summed E-state index contributed by atoms with van der Waals surface area (Å²) in [5.74, 6) is -0.444. The second-order valence-corrected chi connectivity index (χ2v) is 5.02. The Morgan fingerprint density at radius 3 is 2.78 bits per heavy atom. The Hall–Kier alpha value is -1.64. The number of rotatable bonds is 5. The summed E-state index contributed by atoms with van der Waals surface area (Å²) < 4.78 is 0. The van der Waals surface area contributed by atoms with Crippen LogP contribution < -0.4 is 16.0 Å². The van der Waals surface area contributed by atoms with E-state index in [0.717, 1.165) is 0 Å². The molecular formula is C9H14N4O4S. The van der Waals surface area contributed by atoms with Crippen LogP contribution in [0.25, 0.3) is 0 Å². The average Bonchev–Trinajstić information content (AvgIpc) is 2.76. The molecule has 0 spiro atoms. The molecule has 0 aromatic carbocycles. The lowest BCUT2D eigenvalue weighted by Gasteiger charge is -2.27. The third kappa shape index (κ3) is 2.17. The van der Waals surface area contributed by atoms with Gasteiger partial charge in [-0.1, -0.05) is 0 Å². The quantitative estimate of drug-likeness (QED) is 0.523. The summed E-state index contributed by atoms with van der Waals surface area (Å²) in [5, 5.41) is 16.8. The standard InChI is InChI=1S/C9H14N4O4S/c1-18-3-2-4(7(14)15)13-6-5(11-9(13)17)10-8(16)12-6/h4-6H,2-3H2,1H3,(H,11,17)(H,14,15)(H2,10,12,16)/t4-,5+,6+/m1/s1.